The van der Waals surface area contributed by atoms with Crippen LogP contribution in [-0.2, 0) is 9.57 Å². The van der Waals surface area contributed by atoms with Crippen LogP contribution in [0.1, 0.15) is 49.9 Å². The number of carbonyl (C=O) groups excluding carboxylic acids is 1. The van der Waals surface area contributed by atoms with Gasteiger partial charge in [0.1, 0.15) is 0 Å². The van der Waals surface area contributed by atoms with Gasteiger partial charge in [-0.3, -0.25) is 9.63 Å². The Kier molecular flexibility index (Phi) is 9.19. The number of amides is 1. The fraction of sp³-hybridized carbons (Fsp3) is 0.500. The number of unbranched alkanes of at least 4 members (excludes halogenated alkanes) is 1. The van der Waals surface area contributed by atoms with Crippen molar-refractivity contribution in [3.63, 3.8) is 0 Å². The SMILES string of the molecule is C=CCOC(C)CC(CCCC)ONC(=O)c1ccccc1. The Balaban J connectivity index is 2.46. The fourth-order valence-electron chi connectivity index (χ4n) is 2.11. The van der Waals surface area contributed by atoms with Gasteiger partial charge in [-0.25, -0.2) is 5.48 Å². The summed E-state index contributed by atoms with van der Waals surface area (Å²) in [6.45, 7) is 8.31. The molecule has 0 aliphatic heterocycles. The first-order chi connectivity index (χ1) is 10.7. The highest BCUT2D eigenvalue weighted by molar-refractivity contribution is 5.93. The second kappa shape index (κ2) is 11.0. The zero-order valence-electron chi connectivity index (χ0n) is 13.6. The molecule has 0 heterocycles. The molecule has 0 aliphatic carbocycles. The molecule has 2 unspecified atom stereocenters. The number of benzene rings is 1. The molecular weight excluding hydrogens is 278 g/mol. The number of hydrogen-bond donors (Lipinski definition) is 1. The van der Waals surface area contributed by atoms with Crippen molar-refractivity contribution in [1.29, 1.82) is 0 Å². The second-order valence-electron chi connectivity index (χ2n) is 5.35. The Morgan fingerprint density at radius 3 is 2.73 bits per heavy atom. The van der Waals surface area contributed by atoms with Gasteiger partial charge in [0.2, 0.25) is 0 Å². The van der Waals surface area contributed by atoms with Crippen LogP contribution in [0.5, 0.6) is 0 Å². The molecule has 1 aromatic rings. The minimum atomic E-state index is -0.221. The van der Waals surface area contributed by atoms with Gasteiger partial charge < -0.3 is 4.74 Å². The molecule has 0 aromatic heterocycles. The zero-order valence-corrected chi connectivity index (χ0v) is 13.6. The largest absolute Gasteiger partial charge is 0.374 e. The monoisotopic (exact) mass is 305 g/mol. The van der Waals surface area contributed by atoms with Gasteiger partial charge in [-0.1, -0.05) is 44.0 Å². The summed E-state index contributed by atoms with van der Waals surface area (Å²) in [6, 6.07) is 9.05. The molecule has 0 aliphatic rings. The summed E-state index contributed by atoms with van der Waals surface area (Å²) in [4.78, 5) is 17.6. The Bertz CT molecular complexity index is 433. The quantitative estimate of drug-likeness (QED) is 0.498. The molecule has 1 N–H and O–H groups in total. The molecular formula is C18H27NO3. The number of hydrogen-bond acceptors (Lipinski definition) is 3. The maximum atomic E-state index is 12.0. The van der Waals surface area contributed by atoms with Crippen molar-refractivity contribution >= 4 is 5.91 Å². The van der Waals surface area contributed by atoms with Gasteiger partial charge in [-0.05, 0) is 25.5 Å². The van der Waals surface area contributed by atoms with E-state index in [4.69, 9.17) is 9.57 Å². The highest BCUT2D eigenvalue weighted by Gasteiger charge is 2.16. The van der Waals surface area contributed by atoms with Gasteiger partial charge in [0.25, 0.3) is 5.91 Å². The van der Waals surface area contributed by atoms with E-state index in [2.05, 4.69) is 19.0 Å². The summed E-state index contributed by atoms with van der Waals surface area (Å²) in [6.07, 6.45) is 5.53. The van der Waals surface area contributed by atoms with E-state index in [-0.39, 0.29) is 18.1 Å². The van der Waals surface area contributed by atoms with Crippen LogP contribution >= 0.6 is 0 Å². The van der Waals surface area contributed by atoms with E-state index < -0.39 is 0 Å². The molecule has 0 spiro atoms. The van der Waals surface area contributed by atoms with E-state index in [9.17, 15) is 4.79 Å². The summed E-state index contributed by atoms with van der Waals surface area (Å²) in [5.41, 5.74) is 3.15. The van der Waals surface area contributed by atoms with Crippen LogP contribution < -0.4 is 5.48 Å². The molecule has 0 saturated carbocycles. The average molecular weight is 305 g/mol. The van der Waals surface area contributed by atoms with Crippen molar-refractivity contribution in [1.82, 2.24) is 5.48 Å². The molecule has 1 amide bonds. The number of carbonyl (C=O) groups is 1. The second-order valence-corrected chi connectivity index (χ2v) is 5.35. The van der Waals surface area contributed by atoms with Crippen molar-refractivity contribution in [3.05, 3.63) is 48.6 Å². The molecule has 4 heteroatoms. The number of ether oxygens (including phenoxy) is 1. The van der Waals surface area contributed by atoms with E-state index in [1.54, 1.807) is 18.2 Å². The Morgan fingerprint density at radius 2 is 2.09 bits per heavy atom. The van der Waals surface area contributed by atoms with Crippen molar-refractivity contribution in [2.75, 3.05) is 6.61 Å². The van der Waals surface area contributed by atoms with Gasteiger partial charge in [0, 0.05) is 12.0 Å². The van der Waals surface area contributed by atoms with E-state index in [0.29, 0.717) is 12.2 Å². The lowest BCUT2D eigenvalue weighted by atomic mass is 10.1. The lowest BCUT2D eigenvalue weighted by Gasteiger charge is -2.21. The number of hydroxylamine groups is 1. The molecule has 0 fully saturated rings. The van der Waals surface area contributed by atoms with Crippen LogP contribution in [0.25, 0.3) is 0 Å². The van der Waals surface area contributed by atoms with E-state index in [1.165, 1.54) is 0 Å². The summed E-state index contributed by atoms with van der Waals surface area (Å²) in [5, 5.41) is 0. The average Bonchev–Trinajstić information content (AvgIpc) is 2.55. The van der Waals surface area contributed by atoms with Crippen molar-refractivity contribution in [2.24, 2.45) is 0 Å². The normalized spacial score (nSPS) is 13.4. The van der Waals surface area contributed by atoms with Gasteiger partial charge in [0.15, 0.2) is 0 Å². The molecule has 1 rings (SSSR count). The first-order valence-corrected chi connectivity index (χ1v) is 7.90. The third kappa shape index (κ3) is 7.38. The molecule has 122 valence electrons. The van der Waals surface area contributed by atoms with Gasteiger partial charge in [-0.2, -0.15) is 0 Å². The van der Waals surface area contributed by atoms with Crippen LogP contribution in [0.3, 0.4) is 0 Å². The lowest BCUT2D eigenvalue weighted by Crippen LogP contribution is -2.32. The highest BCUT2D eigenvalue weighted by Crippen LogP contribution is 2.13. The summed E-state index contributed by atoms with van der Waals surface area (Å²) < 4.78 is 5.58. The fourth-order valence-corrected chi connectivity index (χ4v) is 2.11. The Labute approximate surface area is 133 Å². The predicted octanol–water partition coefficient (Wildman–Crippen LogP) is 3.89. The van der Waals surface area contributed by atoms with Crippen molar-refractivity contribution in [3.8, 4) is 0 Å². The minimum absolute atomic E-state index is 0.0487. The van der Waals surface area contributed by atoms with Crippen LogP contribution in [0, 0.1) is 0 Å². The topological polar surface area (TPSA) is 47.6 Å². The number of nitrogens with one attached hydrogen (secondary N) is 1. The molecule has 2 atom stereocenters. The van der Waals surface area contributed by atoms with Gasteiger partial charge in [-0.15, -0.1) is 6.58 Å². The maximum Gasteiger partial charge on any atom is 0.274 e. The van der Waals surface area contributed by atoms with Crippen molar-refractivity contribution < 1.29 is 14.4 Å². The predicted molar refractivity (Wildman–Crippen MR) is 88.5 cm³/mol. The summed E-state index contributed by atoms with van der Waals surface area (Å²) in [7, 11) is 0. The first kappa shape index (κ1) is 18.4. The lowest BCUT2D eigenvalue weighted by molar-refractivity contribution is -0.0482. The van der Waals surface area contributed by atoms with Gasteiger partial charge in [0.05, 0.1) is 18.8 Å². The molecule has 0 saturated heterocycles. The molecule has 22 heavy (non-hydrogen) atoms. The minimum Gasteiger partial charge on any atom is -0.374 e. The smallest absolute Gasteiger partial charge is 0.274 e. The third-order valence-electron chi connectivity index (χ3n) is 3.33. The van der Waals surface area contributed by atoms with Crippen LogP contribution in [-0.4, -0.2) is 24.7 Å². The molecule has 4 nitrogen and oxygen atoms in total. The summed E-state index contributed by atoms with van der Waals surface area (Å²) >= 11 is 0. The zero-order chi connectivity index (χ0) is 16.2. The van der Waals surface area contributed by atoms with E-state index in [0.717, 1.165) is 25.7 Å². The summed E-state index contributed by atoms with van der Waals surface area (Å²) in [5.74, 6) is -0.221. The van der Waals surface area contributed by atoms with Crippen LogP contribution in [0.15, 0.2) is 43.0 Å². The molecule has 1 aromatic carbocycles. The Hall–Kier alpha value is -1.65. The van der Waals surface area contributed by atoms with E-state index >= 15 is 0 Å². The highest BCUT2D eigenvalue weighted by atomic mass is 16.7. The van der Waals surface area contributed by atoms with E-state index in [1.807, 2.05) is 25.1 Å². The molecule has 0 radical (unpaired) electrons. The maximum absolute atomic E-state index is 12.0. The van der Waals surface area contributed by atoms with Gasteiger partial charge >= 0.3 is 0 Å². The standard InChI is InChI=1S/C18H27NO3/c1-4-6-12-17(14-15(3)21-13-5-2)22-19-18(20)16-10-8-7-9-11-16/h5,7-11,15,17H,2,4,6,12-14H2,1,3H3,(H,19,20). The van der Waals surface area contributed by atoms with Crippen molar-refractivity contribution in [2.45, 2.75) is 51.7 Å². The first-order valence-electron chi connectivity index (χ1n) is 7.90. The number of rotatable bonds is 11. The molecule has 0 bridgehead atoms. The van der Waals surface area contributed by atoms with Crippen LogP contribution in [0.4, 0.5) is 0 Å². The third-order valence-corrected chi connectivity index (χ3v) is 3.33. The van der Waals surface area contributed by atoms with Crippen LogP contribution in [0.2, 0.25) is 0 Å². The Morgan fingerprint density at radius 1 is 1.36 bits per heavy atom.